The third-order valence-electron chi connectivity index (χ3n) is 8.89. The summed E-state index contributed by atoms with van der Waals surface area (Å²) in [5.74, 6) is 0. The van der Waals surface area contributed by atoms with Gasteiger partial charge in [0, 0.05) is 47.8 Å². The lowest BCUT2D eigenvalue weighted by molar-refractivity contribution is 0.554. The van der Waals surface area contributed by atoms with Crippen molar-refractivity contribution < 1.29 is 0 Å². The highest BCUT2D eigenvalue weighted by Gasteiger charge is 2.11. The van der Waals surface area contributed by atoms with E-state index >= 15 is 0 Å². The van der Waals surface area contributed by atoms with Gasteiger partial charge in [0.2, 0.25) is 0 Å². The molecule has 0 spiro atoms. The molecule has 38 heavy (non-hydrogen) atoms. The van der Waals surface area contributed by atoms with E-state index in [0.29, 0.717) is 0 Å². The van der Waals surface area contributed by atoms with Gasteiger partial charge in [-0.15, -0.1) is 0 Å². The van der Waals surface area contributed by atoms with Gasteiger partial charge in [0.05, 0.1) is 0 Å². The van der Waals surface area contributed by atoms with Crippen LogP contribution in [0.3, 0.4) is 0 Å². The minimum Gasteiger partial charge on any atom is -0.351 e. The first kappa shape index (κ1) is 25.0. The van der Waals surface area contributed by atoms with Crippen molar-refractivity contribution in [2.24, 2.45) is 14.1 Å². The highest BCUT2D eigenvalue weighted by Crippen LogP contribution is 2.36. The average Bonchev–Trinajstić information content (AvgIpc) is 3.45. The van der Waals surface area contributed by atoms with E-state index in [0.717, 1.165) is 0 Å². The molecule has 0 bridgehead atoms. The summed E-state index contributed by atoms with van der Waals surface area (Å²) < 4.78 is 4.64. The van der Waals surface area contributed by atoms with Crippen LogP contribution in [0.25, 0.3) is 54.1 Å². The van der Waals surface area contributed by atoms with E-state index in [2.05, 4.69) is 97.0 Å². The normalized spacial score (nSPS) is 12.2. The molecule has 0 aliphatic heterocycles. The van der Waals surface area contributed by atoms with E-state index in [4.69, 9.17) is 0 Å². The maximum absolute atomic E-state index is 2.44. The third-order valence-corrected chi connectivity index (χ3v) is 8.89. The van der Waals surface area contributed by atoms with Crippen LogP contribution < -0.4 is 0 Å². The molecule has 2 aromatic heterocycles. The molecule has 0 saturated heterocycles. The predicted molar refractivity (Wildman–Crippen MR) is 167 cm³/mol. The lowest BCUT2D eigenvalue weighted by Gasteiger charge is -2.10. The monoisotopic (exact) mass is 502 g/mol. The van der Waals surface area contributed by atoms with E-state index in [1.807, 2.05) is 0 Å². The molecular weight excluding hydrogens is 460 g/mol. The smallest absolute Gasteiger partial charge is 0.0486 e. The first-order valence-corrected chi connectivity index (χ1v) is 15.0. The zero-order valence-corrected chi connectivity index (χ0v) is 23.5. The number of aryl methyl sites for hydroxylation is 3. The van der Waals surface area contributed by atoms with Crippen molar-refractivity contribution in [3.8, 4) is 0 Å². The zero-order valence-electron chi connectivity index (χ0n) is 23.5. The Bertz CT molecular complexity index is 1730. The second-order valence-corrected chi connectivity index (χ2v) is 11.5. The van der Waals surface area contributed by atoms with Crippen molar-refractivity contribution in [2.75, 3.05) is 0 Å². The van der Waals surface area contributed by atoms with E-state index < -0.39 is 0 Å². The summed E-state index contributed by atoms with van der Waals surface area (Å²) in [7, 11) is 4.37. The van der Waals surface area contributed by atoms with Crippen LogP contribution in [-0.4, -0.2) is 9.13 Å². The maximum Gasteiger partial charge on any atom is 0.0486 e. The average molecular weight is 503 g/mol. The molecular formula is C36H42N2. The van der Waals surface area contributed by atoms with Crippen LogP contribution in [0.4, 0.5) is 0 Å². The second-order valence-electron chi connectivity index (χ2n) is 11.5. The molecule has 0 amide bonds. The molecule has 2 nitrogen and oxygen atoms in total. The molecule has 0 radical (unpaired) electrons. The second kappa shape index (κ2) is 10.8. The molecule has 0 saturated carbocycles. The Hall–Kier alpha value is -3.26. The van der Waals surface area contributed by atoms with Gasteiger partial charge >= 0.3 is 0 Å². The van der Waals surface area contributed by atoms with Crippen LogP contribution in [0.2, 0.25) is 0 Å². The van der Waals surface area contributed by atoms with Gasteiger partial charge < -0.3 is 9.13 Å². The Morgan fingerprint density at radius 3 is 1.74 bits per heavy atom. The molecule has 2 heteroatoms. The molecule has 0 fully saturated rings. The number of aromatic nitrogens is 2. The largest absolute Gasteiger partial charge is 0.351 e. The topological polar surface area (TPSA) is 9.86 Å². The van der Waals surface area contributed by atoms with Crippen LogP contribution in [-0.2, 0) is 20.5 Å². The summed E-state index contributed by atoms with van der Waals surface area (Å²) in [6.45, 7) is 2.29. The van der Waals surface area contributed by atoms with Gasteiger partial charge in [-0.3, -0.25) is 0 Å². The fourth-order valence-corrected chi connectivity index (χ4v) is 6.56. The Balaban J connectivity index is 1.22. The molecule has 196 valence electrons. The van der Waals surface area contributed by atoms with Gasteiger partial charge in [0.15, 0.2) is 0 Å². The van der Waals surface area contributed by atoms with Crippen molar-refractivity contribution >= 4 is 54.1 Å². The minimum atomic E-state index is 1.18. The van der Waals surface area contributed by atoms with Crippen LogP contribution in [0.1, 0.15) is 76.8 Å². The maximum atomic E-state index is 2.44. The minimum absolute atomic E-state index is 1.18. The lowest BCUT2D eigenvalue weighted by atomic mass is 9.95. The van der Waals surface area contributed by atoms with Gasteiger partial charge in [0.25, 0.3) is 0 Å². The number of rotatable bonds is 11. The summed E-state index contributed by atoms with van der Waals surface area (Å²) >= 11 is 0. The summed E-state index contributed by atoms with van der Waals surface area (Å²) in [5, 5.41) is 10.7. The van der Waals surface area contributed by atoms with Gasteiger partial charge in [-0.25, -0.2) is 0 Å². The van der Waals surface area contributed by atoms with E-state index in [-0.39, 0.29) is 0 Å². The first-order chi connectivity index (χ1) is 18.6. The number of fused-ring (bicyclic) bond motifs is 7. The number of benzene rings is 4. The molecule has 2 heterocycles. The number of hydrogen-bond acceptors (Lipinski definition) is 0. The fraction of sp³-hybridized carbons (Fsp3) is 0.389. The Morgan fingerprint density at radius 1 is 0.500 bits per heavy atom. The van der Waals surface area contributed by atoms with Gasteiger partial charge in [0.1, 0.15) is 0 Å². The highest BCUT2D eigenvalue weighted by molar-refractivity contribution is 6.20. The number of hydrogen-bond donors (Lipinski definition) is 0. The Morgan fingerprint density at radius 2 is 1.08 bits per heavy atom. The van der Waals surface area contributed by atoms with Crippen LogP contribution in [0.15, 0.2) is 66.9 Å². The molecule has 0 N–H and O–H groups in total. The van der Waals surface area contributed by atoms with Crippen molar-refractivity contribution in [1.29, 1.82) is 0 Å². The Kier molecular flexibility index (Phi) is 7.15. The van der Waals surface area contributed by atoms with Crippen molar-refractivity contribution in [1.82, 2.24) is 9.13 Å². The molecule has 0 aliphatic rings. The summed E-state index contributed by atoms with van der Waals surface area (Å²) in [6.07, 6.45) is 17.2. The van der Waals surface area contributed by atoms with Crippen molar-refractivity contribution in [2.45, 2.75) is 77.6 Å². The number of nitrogens with zero attached hydrogens (tertiary/aromatic N) is 2. The van der Waals surface area contributed by atoms with Crippen LogP contribution in [0, 0.1) is 0 Å². The first-order valence-electron chi connectivity index (χ1n) is 15.0. The Labute approximate surface area is 227 Å². The zero-order chi connectivity index (χ0) is 26.1. The summed E-state index contributed by atoms with van der Waals surface area (Å²) in [6, 6.07) is 23.5. The van der Waals surface area contributed by atoms with Gasteiger partial charge in [-0.2, -0.15) is 0 Å². The van der Waals surface area contributed by atoms with Crippen LogP contribution in [0.5, 0.6) is 0 Å². The van der Waals surface area contributed by atoms with E-state index in [9.17, 15) is 0 Å². The lowest BCUT2D eigenvalue weighted by Crippen LogP contribution is -1.96. The molecule has 0 aliphatic carbocycles. The van der Waals surface area contributed by atoms with E-state index in [1.54, 1.807) is 0 Å². The SMILES string of the molecule is CCCCCCCCCCCCc1cc2cc3c(ccc4c5cc6ccn(C)c6cc5ccc34)cc2n1C. The van der Waals surface area contributed by atoms with Crippen molar-refractivity contribution in [3.63, 3.8) is 0 Å². The van der Waals surface area contributed by atoms with Gasteiger partial charge in [-0.1, -0.05) is 89.0 Å². The third kappa shape index (κ3) is 4.70. The van der Waals surface area contributed by atoms with Crippen molar-refractivity contribution in [3.05, 3.63) is 72.6 Å². The number of unbranched alkanes of at least 4 members (excludes halogenated alkanes) is 9. The van der Waals surface area contributed by atoms with Gasteiger partial charge in [-0.05, 0) is 81.6 Å². The quantitative estimate of drug-likeness (QED) is 0.123. The standard InChI is InChI=1S/C36H42N2/c1-4-5-6-7-8-9-10-11-12-13-14-30-21-29-23-34-27(25-36(29)38(30)3)16-18-31-32(34)17-15-26-24-35-28(22-33(26)31)19-20-37(35)2/h15-25H,4-14H2,1-3H3. The molecule has 4 aromatic carbocycles. The molecule has 0 unspecified atom stereocenters. The molecule has 6 aromatic rings. The van der Waals surface area contributed by atoms with Crippen LogP contribution >= 0.6 is 0 Å². The van der Waals surface area contributed by atoms with E-state index in [1.165, 1.54) is 130 Å². The molecule has 0 atom stereocenters. The fourth-order valence-electron chi connectivity index (χ4n) is 6.56. The molecule has 6 rings (SSSR count). The summed E-state index contributed by atoms with van der Waals surface area (Å²) in [4.78, 5) is 0. The predicted octanol–water partition coefficient (Wildman–Crippen LogP) is 10.6. The highest BCUT2D eigenvalue weighted by atomic mass is 14.9. The summed E-state index contributed by atoms with van der Waals surface area (Å²) in [5.41, 5.74) is 4.11.